The zero-order valence-electron chi connectivity index (χ0n) is 17.8. The molecular weight excluding hydrogens is 410 g/mol. The summed E-state index contributed by atoms with van der Waals surface area (Å²) in [6.45, 7) is -0.0979. The van der Waals surface area contributed by atoms with Crippen molar-refractivity contribution < 1.29 is 23.8 Å². The van der Waals surface area contributed by atoms with Gasteiger partial charge in [-0.1, -0.05) is 24.3 Å². The number of methoxy groups -OCH3 is 2. The summed E-state index contributed by atoms with van der Waals surface area (Å²) in [6.07, 6.45) is 5.03. The molecule has 0 unspecified atom stereocenters. The molecule has 0 saturated carbocycles. The molecule has 3 rings (SSSR count). The molecule has 1 atom stereocenters. The molecule has 1 aromatic heterocycles. The maximum atomic E-state index is 12.5. The van der Waals surface area contributed by atoms with Crippen LogP contribution in [0, 0.1) is 11.3 Å². The van der Waals surface area contributed by atoms with Crippen LogP contribution in [0.5, 0.6) is 11.5 Å². The second-order valence-electron chi connectivity index (χ2n) is 6.84. The molecule has 2 N–H and O–H groups in total. The van der Waals surface area contributed by atoms with E-state index >= 15 is 0 Å². The molecule has 0 saturated heterocycles. The number of aromatic nitrogens is 1. The number of carbonyl (C=O) groups is 2. The van der Waals surface area contributed by atoms with Gasteiger partial charge in [-0.3, -0.25) is 4.79 Å². The number of hydrogen-bond acceptors (Lipinski definition) is 6. The fourth-order valence-corrected chi connectivity index (χ4v) is 3.26. The third-order valence-electron chi connectivity index (χ3n) is 4.81. The van der Waals surface area contributed by atoms with E-state index in [0.717, 1.165) is 16.5 Å². The van der Waals surface area contributed by atoms with Crippen LogP contribution in [0.25, 0.3) is 17.0 Å². The van der Waals surface area contributed by atoms with Gasteiger partial charge in [0.15, 0.2) is 18.1 Å². The van der Waals surface area contributed by atoms with E-state index < -0.39 is 17.9 Å². The smallest absolute Gasteiger partial charge is 0.328 e. The van der Waals surface area contributed by atoms with E-state index in [1.54, 1.807) is 24.3 Å². The lowest BCUT2D eigenvalue weighted by atomic mass is 10.0. The van der Waals surface area contributed by atoms with Crippen molar-refractivity contribution >= 4 is 28.9 Å². The Morgan fingerprint density at radius 2 is 2.00 bits per heavy atom. The number of esters is 1. The average Bonchev–Trinajstić information content (AvgIpc) is 3.23. The molecular formula is C24H23N3O5. The number of amides is 1. The zero-order chi connectivity index (χ0) is 22.9. The van der Waals surface area contributed by atoms with Crippen molar-refractivity contribution in [2.24, 2.45) is 0 Å². The van der Waals surface area contributed by atoms with Gasteiger partial charge in [0.1, 0.15) is 12.1 Å². The van der Waals surface area contributed by atoms with Crippen LogP contribution in [0.3, 0.4) is 0 Å². The van der Waals surface area contributed by atoms with Gasteiger partial charge in [0.25, 0.3) is 0 Å². The Bertz CT molecular complexity index is 1180. The number of fused-ring (bicyclic) bond motifs is 1. The number of para-hydroxylation sites is 1. The molecule has 164 valence electrons. The molecule has 0 spiro atoms. The molecule has 32 heavy (non-hydrogen) atoms. The van der Waals surface area contributed by atoms with Crippen molar-refractivity contribution in [3.05, 3.63) is 65.9 Å². The monoisotopic (exact) mass is 433 g/mol. The lowest BCUT2D eigenvalue weighted by Gasteiger charge is -2.15. The standard InChI is InChI=1S/C24H23N3O5/c1-30-22-13-16(7-9-21(22)32-12-11-25)8-10-23(28)27-20(24(29)31-2)14-17-15-26-19-6-4-3-5-18(17)19/h3-10,13,15,20,26H,12,14H2,1-2H3,(H,27,28)/b10-8+/t20-/m1/s1. The van der Waals surface area contributed by atoms with Gasteiger partial charge in [0.05, 0.1) is 14.2 Å². The fourth-order valence-electron chi connectivity index (χ4n) is 3.26. The van der Waals surface area contributed by atoms with Crippen LogP contribution in [0.15, 0.2) is 54.7 Å². The molecule has 2 aromatic carbocycles. The summed E-state index contributed by atoms with van der Waals surface area (Å²) in [5, 5.41) is 12.3. The normalized spacial score (nSPS) is 11.7. The topological polar surface area (TPSA) is 113 Å². The third kappa shape index (κ3) is 5.46. The van der Waals surface area contributed by atoms with E-state index in [0.29, 0.717) is 17.1 Å². The van der Waals surface area contributed by atoms with Crippen molar-refractivity contribution in [1.82, 2.24) is 10.3 Å². The Balaban J connectivity index is 1.71. The second-order valence-corrected chi connectivity index (χ2v) is 6.84. The summed E-state index contributed by atoms with van der Waals surface area (Å²) in [5.74, 6) is -0.101. The highest BCUT2D eigenvalue weighted by atomic mass is 16.5. The number of ether oxygens (including phenoxy) is 3. The van der Waals surface area contributed by atoms with Crippen LogP contribution >= 0.6 is 0 Å². The summed E-state index contributed by atoms with van der Waals surface area (Å²) < 4.78 is 15.4. The molecule has 0 fully saturated rings. The summed E-state index contributed by atoms with van der Waals surface area (Å²) >= 11 is 0. The number of H-pyrrole nitrogens is 1. The van der Waals surface area contributed by atoms with E-state index in [2.05, 4.69) is 10.3 Å². The lowest BCUT2D eigenvalue weighted by Crippen LogP contribution is -2.42. The minimum Gasteiger partial charge on any atom is -0.493 e. The first-order chi connectivity index (χ1) is 15.5. The lowest BCUT2D eigenvalue weighted by molar-refractivity contribution is -0.144. The maximum Gasteiger partial charge on any atom is 0.328 e. The van der Waals surface area contributed by atoms with Gasteiger partial charge >= 0.3 is 5.97 Å². The van der Waals surface area contributed by atoms with Crippen LogP contribution in [0.4, 0.5) is 0 Å². The Morgan fingerprint density at radius 3 is 2.75 bits per heavy atom. The number of rotatable bonds is 9. The van der Waals surface area contributed by atoms with E-state index in [-0.39, 0.29) is 13.0 Å². The predicted molar refractivity (Wildman–Crippen MR) is 119 cm³/mol. The average molecular weight is 433 g/mol. The van der Waals surface area contributed by atoms with Crippen LogP contribution < -0.4 is 14.8 Å². The Hall–Kier alpha value is -4.25. The van der Waals surface area contributed by atoms with Gasteiger partial charge in [0, 0.05) is 29.6 Å². The Labute approximate surface area is 185 Å². The van der Waals surface area contributed by atoms with Gasteiger partial charge in [-0.2, -0.15) is 5.26 Å². The summed E-state index contributed by atoms with van der Waals surface area (Å²) in [4.78, 5) is 27.9. The third-order valence-corrected chi connectivity index (χ3v) is 4.81. The Morgan fingerprint density at radius 1 is 1.19 bits per heavy atom. The number of nitrogens with zero attached hydrogens (tertiary/aromatic N) is 1. The molecule has 1 amide bonds. The molecule has 3 aromatic rings. The van der Waals surface area contributed by atoms with Crippen LogP contribution in [-0.4, -0.2) is 43.7 Å². The molecule has 1 heterocycles. The minimum absolute atomic E-state index is 0.0979. The number of carbonyl (C=O) groups excluding carboxylic acids is 2. The maximum absolute atomic E-state index is 12.5. The SMILES string of the molecule is COC(=O)[C@@H](Cc1c[nH]c2ccccc12)NC(=O)/C=C/c1ccc(OCC#N)c(OC)c1. The highest BCUT2D eigenvalue weighted by Gasteiger charge is 2.22. The summed E-state index contributed by atoms with van der Waals surface area (Å²) in [7, 11) is 2.77. The minimum atomic E-state index is -0.840. The Kier molecular flexibility index (Phi) is 7.49. The number of nitrogens with one attached hydrogen (secondary N) is 2. The first kappa shape index (κ1) is 22.4. The van der Waals surface area contributed by atoms with Crippen LogP contribution in [0.1, 0.15) is 11.1 Å². The van der Waals surface area contributed by atoms with Crippen molar-refractivity contribution in [3.8, 4) is 17.6 Å². The molecule has 0 bridgehead atoms. The fraction of sp³-hybridized carbons (Fsp3) is 0.208. The number of nitriles is 1. The highest BCUT2D eigenvalue weighted by Crippen LogP contribution is 2.28. The predicted octanol–water partition coefficient (Wildman–Crippen LogP) is 2.99. The number of aromatic amines is 1. The quantitative estimate of drug-likeness (QED) is 0.396. The van der Waals surface area contributed by atoms with E-state index in [1.165, 1.54) is 20.3 Å². The molecule has 0 radical (unpaired) electrons. The molecule has 8 nitrogen and oxygen atoms in total. The summed E-state index contributed by atoms with van der Waals surface area (Å²) in [5.41, 5.74) is 2.54. The van der Waals surface area contributed by atoms with Crippen LogP contribution in [-0.2, 0) is 20.7 Å². The van der Waals surface area contributed by atoms with Crippen molar-refractivity contribution in [2.75, 3.05) is 20.8 Å². The van der Waals surface area contributed by atoms with E-state index in [9.17, 15) is 9.59 Å². The molecule has 0 aliphatic heterocycles. The number of benzene rings is 2. The van der Waals surface area contributed by atoms with Crippen LogP contribution in [0.2, 0.25) is 0 Å². The van der Waals surface area contributed by atoms with Gasteiger partial charge in [-0.15, -0.1) is 0 Å². The molecule has 0 aliphatic rings. The number of hydrogen-bond donors (Lipinski definition) is 2. The van der Waals surface area contributed by atoms with Crippen molar-refractivity contribution in [3.63, 3.8) is 0 Å². The highest BCUT2D eigenvalue weighted by molar-refractivity contribution is 5.95. The first-order valence-corrected chi connectivity index (χ1v) is 9.85. The van der Waals surface area contributed by atoms with Gasteiger partial charge in [-0.05, 0) is 35.4 Å². The zero-order valence-corrected chi connectivity index (χ0v) is 17.8. The van der Waals surface area contributed by atoms with Gasteiger partial charge < -0.3 is 24.5 Å². The second kappa shape index (κ2) is 10.7. The van der Waals surface area contributed by atoms with E-state index in [4.69, 9.17) is 19.5 Å². The van der Waals surface area contributed by atoms with Crippen molar-refractivity contribution in [2.45, 2.75) is 12.5 Å². The summed E-state index contributed by atoms with van der Waals surface area (Å²) in [6, 6.07) is 13.8. The largest absolute Gasteiger partial charge is 0.493 e. The van der Waals surface area contributed by atoms with E-state index in [1.807, 2.05) is 36.5 Å². The first-order valence-electron chi connectivity index (χ1n) is 9.85. The van der Waals surface area contributed by atoms with Gasteiger partial charge in [-0.25, -0.2) is 4.79 Å². The molecule has 0 aliphatic carbocycles. The van der Waals surface area contributed by atoms with Gasteiger partial charge in [0.2, 0.25) is 5.91 Å². The van der Waals surface area contributed by atoms with Crippen molar-refractivity contribution in [1.29, 1.82) is 5.26 Å². The molecule has 8 heteroatoms.